The fourth-order valence-electron chi connectivity index (χ4n) is 3.40. The van der Waals surface area contributed by atoms with Crippen molar-refractivity contribution in [3.63, 3.8) is 0 Å². The zero-order chi connectivity index (χ0) is 16.8. The van der Waals surface area contributed by atoms with Crippen LogP contribution in [0, 0.1) is 0 Å². The molecule has 0 aliphatic heterocycles. The maximum Gasteiger partial charge on any atom is 0.227 e. The average Bonchev–Trinajstić information content (AvgIpc) is 3.07. The quantitative estimate of drug-likeness (QED) is 0.851. The first-order chi connectivity index (χ1) is 11.8. The molecule has 2 aromatic rings. The van der Waals surface area contributed by atoms with Crippen molar-refractivity contribution in [1.82, 2.24) is 4.90 Å². The van der Waals surface area contributed by atoms with Crippen molar-refractivity contribution in [1.29, 1.82) is 0 Å². The molecule has 0 aromatic heterocycles. The molecular formula is C21H26N2O. The van der Waals surface area contributed by atoms with Gasteiger partial charge in [0.25, 0.3) is 0 Å². The van der Waals surface area contributed by atoms with Crippen LogP contribution in [-0.4, -0.2) is 23.9 Å². The summed E-state index contributed by atoms with van der Waals surface area (Å²) in [6, 6.07) is 16.7. The number of hydrogen-bond donors (Lipinski definition) is 1. The highest BCUT2D eigenvalue weighted by Gasteiger charge is 2.16. The number of hydrogen-bond acceptors (Lipinski definition) is 2. The van der Waals surface area contributed by atoms with E-state index in [0.29, 0.717) is 19.5 Å². The van der Waals surface area contributed by atoms with Gasteiger partial charge in [0.1, 0.15) is 0 Å². The Labute approximate surface area is 144 Å². The summed E-state index contributed by atoms with van der Waals surface area (Å²) in [7, 11) is 0. The predicted octanol–water partition coefficient (Wildman–Crippen LogP) is 3.10. The van der Waals surface area contributed by atoms with Crippen LogP contribution in [0.1, 0.15) is 35.1 Å². The Balaban J connectivity index is 1.68. The van der Waals surface area contributed by atoms with Gasteiger partial charge in [-0.1, -0.05) is 48.5 Å². The molecule has 3 rings (SSSR count). The molecule has 0 radical (unpaired) electrons. The summed E-state index contributed by atoms with van der Waals surface area (Å²) in [5, 5.41) is 0. The highest BCUT2D eigenvalue weighted by atomic mass is 16.2. The van der Waals surface area contributed by atoms with Crippen LogP contribution in [0.2, 0.25) is 0 Å². The average molecular weight is 322 g/mol. The van der Waals surface area contributed by atoms with Crippen molar-refractivity contribution in [2.75, 3.05) is 13.1 Å². The zero-order valence-electron chi connectivity index (χ0n) is 14.2. The summed E-state index contributed by atoms with van der Waals surface area (Å²) in [5.41, 5.74) is 10.8. The lowest BCUT2D eigenvalue weighted by atomic mass is 10.0. The fourth-order valence-corrected chi connectivity index (χ4v) is 3.40. The highest BCUT2D eigenvalue weighted by molar-refractivity contribution is 5.79. The van der Waals surface area contributed by atoms with E-state index in [9.17, 15) is 4.79 Å². The van der Waals surface area contributed by atoms with Crippen molar-refractivity contribution >= 4 is 5.91 Å². The summed E-state index contributed by atoms with van der Waals surface area (Å²) >= 11 is 0. The van der Waals surface area contributed by atoms with Crippen molar-refractivity contribution in [2.45, 2.75) is 38.6 Å². The van der Waals surface area contributed by atoms with Gasteiger partial charge in [-0.05, 0) is 54.5 Å². The normalized spacial score (nSPS) is 12.9. The highest BCUT2D eigenvalue weighted by Crippen LogP contribution is 2.23. The molecule has 0 unspecified atom stereocenters. The summed E-state index contributed by atoms with van der Waals surface area (Å²) in [4.78, 5) is 14.7. The lowest BCUT2D eigenvalue weighted by Gasteiger charge is -2.23. The number of rotatable bonds is 7. The molecule has 0 fully saturated rings. The maximum absolute atomic E-state index is 12.8. The molecule has 0 saturated heterocycles. The Morgan fingerprint density at radius 2 is 1.79 bits per heavy atom. The molecule has 1 amide bonds. The van der Waals surface area contributed by atoms with E-state index in [-0.39, 0.29) is 5.91 Å². The topological polar surface area (TPSA) is 46.3 Å². The molecule has 2 aromatic carbocycles. The van der Waals surface area contributed by atoms with E-state index in [0.717, 1.165) is 30.5 Å². The molecule has 0 spiro atoms. The number of nitrogens with zero attached hydrogens (tertiary/aromatic N) is 1. The Morgan fingerprint density at radius 3 is 2.58 bits per heavy atom. The lowest BCUT2D eigenvalue weighted by molar-refractivity contribution is -0.131. The summed E-state index contributed by atoms with van der Waals surface area (Å²) < 4.78 is 0. The first-order valence-corrected chi connectivity index (χ1v) is 8.88. The molecular weight excluding hydrogens is 296 g/mol. The Kier molecular flexibility index (Phi) is 5.65. The number of amides is 1. The molecule has 2 N–H and O–H groups in total. The first kappa shape index (κ1) is 16.7. The zero-order valence-corrected chi connectivity index (χ0v) is 14.2. The standard InChI is InChI=1S/C21H26N2O/c22-12-5-13-23(16-17-6-2-1-3-7-17)21(24)15-18-10-11-19-8-4-9-20(19)14-18/h1-3,6-7,10-11,14H,4-5,8-9,12-13,15-16,22H2. The molecule has 126 valence electrons. The van der Waals surface area contributed by atoms with Crippen molar-refractivity contribution in [3.05, 3.63) is 70.8 Å². The van der Waals surface area contributed by atoms with E-state index in [2.05, 4.69) is 30.3 Å². The predicted molar refractivity (Wildman–Crippen MR) is 97.7 cm³/mol. The molecule has 1 aliphatic rings. The van der Waals surface area contributed by atoms with E-state index in [1.807, 2.05) is 23.1 Å². The minimum Gasteiger partial charge on any atom is -0.338 e. The Hall–Kier alpha value is -2.13. The number of nitrogens with two attached hydrogens (primary N) is 1. The van der Waals surface area contributed by atoms with Gasteiger partial charge in [-0.25, -0.2) is 0 Å². The molecule has 0 atom stereocenters. The van der Waals surface area contributed by atoms with Gasteiger partial charge < -0.3 is 10.6 Å². The van der Waals surface area contributed by atoms with Crippen LogP contribution >= 0.6 is 0 Å². The Bertz CT molecular complexity index is 681. The number of carbonyl (C=O) groups excluding carboxylic acids is 1. The van der Waals surface area contributed by atoms with E-state index >= 15 is 0 Å². The molecule has 3 nitrogen and oxygen atoms in total. The van der Waals surface area contributed by atoms with Crippen LogP contribution in [0.25, 0.3) is 0 Å². The monoisotopic (exact) mass is 322 g/mol. The van der Waals surface area contributed by atoms with Gasteiger partial charge in [0.05, 0.1) is 6.42 Å². The van der Waals surface area contributed by atoms with E-state index < -0.39 is 0 Å². The van der Waals surface area contributed by atoms with Crippen LogP contribution in [-0.2, 0) is 30.6 Å². The third kappa shape index (κ3) is 4.24. The summed E-state index contributed by atoms with van der Waals surface area (Å²) in [5.74, 6) is 0.185. The third-order valence-electron chi connectivity index (χ3n) is 4.72. The van der Waals surface area contributed by atoms with Crippen LogP contribution in [0.3, 0.4) is 0 Å². The van der Waals surface area contributed by atoms with E-state index in [4.69, 9.17) is 5.73 Å². The molecule has 0 bridgehead atoms. The molecule has 24 heavy (non-hydrogen) atoms. The van der Waals surface area contributed by atoms with Crippen molar-refractivity contribution in [3.8, 4) is 0 Å². The van der Waals surface area contributed by atoms with Gasteiger partial charge in [0, 0.05) is 13.1 Å². The van der Waals surface area contributed by atoms with Crippen molar-refractivity contribution in [2.24, 2.45) is 5.73 Å². The van der Waals surface area contributed by atoms with Gasteiger partial charge in [0.2, 0.25) is 5.91 Å². The van der Waals surface area contributed by atoms with Gasteiger partial charge >= 0.3 is 0 Å². The second kappa shape index (κ2) is 8.11. The van der Waals surface area contributed by atoms with Gasteiger partial charge in [-0.15, -0.1) is 0 Å². The van der Waals surface area contributed by atoms with Crippen LogP contribution < -0.4 is 5.73 Å². The van der Waals surface area contributed by atoms with Crippen molar-refractivity contribution < 1.29 is 4.79 Å². The number of aryl methyl sites for hydroxylation is 2. The van der Waals surface area contributed by atoms with Gasteiger partial charge in [0.15, 0.2) is 0 Å². The van der Waals surface area contributed by atoms with E-state index in [1.54, 1.807) is 0 Å². The van der Waals surface area contributed by atoms with Gasteiger partial charge in [-0.3, -0.25) is 4.79 Å². The second-order valence-corrected chi connectivity index (χ2v) is 6.58. The maximum atomic E-state index is 12.8. The smallest absolute Gasteiger partial charge is 0.227 e. The number of carbonyl (C=O) groups is 1. The molecule has 1 aliphatic carbocycles. The van der Waals surface area contributed by atoms with Gasteiger partial charge in [-0.2, -0.15) is 0 Å². The van der Waals surface area contributed by atoms with Crippen LogP contribution in [0.5, 0.6) is 0 Å². The first-order valence-electron chi connectivity index (χ1n) is 8.88. The fraction of sp³-hybridized carbons (Fsp3) is 0.381. The molecule has 3 heteroatoms. The van der Waals surface area contributed by atoms with Crippen LogP contribution in [0.15, 0.2) is 48.5 Å². The minimum atomic E-state index is 0.185. The Morgan fingerprint density at radius 1 is 1.00 bits per heavy atom. The second-order valence-electron chi connectivity index (χ2n) is 6.58. The van der Waals surface area contributed by atoms with E-state index in [1.165, 1.54) is 24.0 Å². The largest absolute Gasteiger partial charge is 0.338 e. The lowest BCUT2D eigenvalue weighted by Crippen LogP contribution is -2.33. The van der Waals surface area contributed by atoms with Crippen LogP contribution in [0.4, 0.5) is 0 Å². The summed E-state index contributed by atoms with van der Waals surface area (Å²) in [6.45, 7) is 1.98. The summed E-state index contributed by atoms with van der Waals surface area (Å²) in [6.07, 6.45) is 4.88. The molecule has 0 heterocycles. The number of fused-ring (bicyclic) bond motifs is 1. The minimum absolute atomic E-state index is 0.185. The number of benzene rings is 2. The molecule has 0 saturated carbocycles. The third-order valence-corrected chi connectivity index (χ3v) is 4.72. The SMILES string of the molecule is NCCCN(Cc1ccccc1)C(=O)Cc1ccc2c(c1)CCC2.